The lowest BCUT2D eigenvalue weighted by atomic mass is 10.3. The van der Waals surface area contributed by atoms with E-state index in [0.29, 0.717) is 6.10 Å². The molecule has 1 unspecified atom stereocenters. The smallest absolute Gasteiger partial charge is 0.0696 e. The second-order valence-corrected chi connectivity index (χ2v) is 2.46. The summed E-state index contributed by atoms with van der Waals surface area (Å²) in [4.78, 5) is 0. The summed E-state index contributed by atoms with van der Waals surface area (Å²) in [5.74, 6) is 0. The van der Waals surface area contributed by atoms with Crippen molar-refractivity contribution in [2.45, 2.75) is 25.9 Å². The number of rotatable bonds is 1. The summed E-state index contributed by atoms with van der Waals surface area (Å²) in [6, 6.07) is 0. The highest BCUT2D eigenvalue weighted by atomic mass is 16.5. The van der Waals surface area contributed by atoms with Crippen molar-refractivity contribution in [3.63, 3.8) is 0 Å². The molecule has 1 atom stereocenters. The van der Waals surface area contributed by atoms with Crippen LogP contribution in [0.15, 0.2) is 0 Å². The van der Waals surface area contributed by atoms with Crippen LogP contribution >= 0.6 is 0 Å². The third kappa shape index (κ3) is 2.33. The minimum absolute atomic E-state index is 0.465. The maximum absolute atomic E-state index is 5.49. The summed E-state index contributed by atoms with van der Waals surface area (Å²) in [5.41, 5.74) is 0. The SMILES string of the molecule is CCC1CNCCCO1. The summed E-state index contributed by atoms with van der Waals surface area (Å²) < 4.78 is 5.49. The molecule has 54 valence electrons. The minimum atomic E-state index is 0.465. The minimum Gasteiger partial charge on any atom is -0.377 e. The molecule has 0 aromatic carbocycles. The van der Waals surface area contributed by atoms with Gasteiger partial charge in [0.25, 0.3) is 0 Å². The van der Waals surface area contributed by atoms with Crippen molar-refractivity contribution >= 4 is 0 Å². The molecule has 0 radical (unpaired) electrons. The number of hydrogen-bond acceptors (Lipinski definition) is 2. The van der Waals surface area contributed by atoms with Crippen LogP contribution in [0.25, 0.3) is 0 Å². The third-order valence-electron chi connectivity index (χ3n) is 1.68. The molecular formula is C7H15NO. The van der Waals surface area contributed by atoms with E-state index in [-0.39, 0.29) is 0 Å². The third-order valence-corrected chi connectivity index (χ3v) is 1.68. The van der Waals surface area contributed by atoms with Gasteiger partial charge in [-0.05, 0) is 19.4 Å². The summed E-state index contributed by atoms with van der Waals surface area (Å²) in [5, 5.41) is 3.32. The largest absolute Gasteiger partial charge is 0.377 e. The zero-order chi connectivity index (χ0) is 6.53. The average molecular weight is 129 g/mol. The fourth-order valence-electron chi connectivity index (χ4n) is 1.03. The predicted molar refractivity (Wildman–Crippen MR) is 37.5 cm³/mol. The number of hydrogen-bond donors (Lipinski definition) is 1. The van der Waals surface area contributed by atoms with Gasteiger partial charge in [-0.3, -0.25) is 0 Å². The molecule has 0 spiro atoms. The Bertz CT molecular complexity index is 67.3. The van der Waals surface area contributed by atoms with E-state index in [2.05, 4.69) is 12.2 Å². The van der Waals surface area contributed by atoms with E-state index < -0.39 is 0 Å². The van der Waals surface area contributed by atoms with E-state index in [1.165, 1.54) is 0 Å². The van der Waals surface area contributed by atoms with Gasteiger partial charge in [-0.25, -0.2) is 0 Å². The second-order valence-electron chi connectivity index (χ2n) is 2.46. The molecule has 0 aromatic rings. The molecular weight excluding hydrogens is 114 g/mol. The first kappa shape index (κ1) is 7.03. The van der Waals surface area contributed by atoms with E-state index >= 15 is 0 Å². The zero-order valence-corrected chi connectivity index (χ0v) is 6.02. The Morgan fingerprint density at radius 3 is 3.33 bits per heavy atom. The monoisotopic (exact) mass is 129 g/mol. The molecule has 0 aromatic heterocycles. The van der Waals surface area contributed by atoms with Crippen LogP contribution in [0.5, 0.6) is 0 Å². The molecule has 1 heterocycles. The highest BCUT2D eigenvalue weighted by Crippen LogP contribution is 2.00. The Kier molecular flexibility index (Phi) is 3.01. The summed E-state index contributed by atoms with van der Waals surface area (Å²) in [6.07, 6.45) is 2.76. The normalized spacial score (nSPS) is 29.7. The molecule has 1 saturated heterocycles. The van der Waals surface area contributed by atoms with Gasteiger partial charge in [-0.2, -0.15) is 0 Å². The van der Waals surface area contributed by atoms with Crippen LogP contribution < -0.4 is 5.32 Å². The maximum Gasteiger partial charge on any atom is 0.0696 e. The fraction of sp³-hybridized carbons (Fsp3) is 1.00. The van der Waals surface area contributed by atoms with Crippen molar-refractivity contribution in [2.24, 2.45) is 0 Å². The fourth-order valence-corrected chi connectivity index (χ4v) is 1.03. The summed E-state index contributed by atoms with van der Waals surface area (Å²) >= 11 is 0. The number of ether oxygens (including phenoxy) is 1. The molecule has 9 heavy (non-hydrogen) atoms. The Labute approximate surface area is 56.6 Å². The van der Waals surface area contributed by atoms with Gasteiger partial charge in [0.2, 0.25) is 0 Å². The molecule has 1 rings (SSSR count). The van der Waals surface area contributed by atoms with Crippen LogP contribution in [0.2, 0.25) is 0 Å². The van der Waals surface area contributed by atoms with Crippen LogP contribution in [0.4, 0.5) is 0 Å². The van der Waals surface area contributed by atoms with Crippen LogP contribution in [-0.4, -0.2) is 25.8 Å². The Morgan fingerprint density at radius 1 is 1.67 bits per heavy atom. The Morgan fingerprint density at radius 2 is 2.56 bits per heavy atom. The average Bonchev–Trinajstić information content (AvgIpc) is 2.13. The Balaban J connectivity index is 2.18. The summed E-state index contributed by atoms with van der Waals surface area (Å²) in [6.45, 7) is 5.26. The predicted octanol–water partition coefficient (Wildman–Crippen LogP) is 0.775. The summed E-state index contributed by atoms with van der Waals surface area (Å²) in [7, 11) is 0. The molecule has 0 bridgehead atoms. The molecule has 1 aliphatic rings. The van der Waals surface area contributed by atoms with Gasteiger partial charge in [-0.15, -0.1) is 0 Å². The van der Waals surface area contributed by atoms with Crippen LogP contribution in [-0.2, 0) is 4.74 Å². The molecule has 0 amide bonds. The van der Waals surface area contributed by atoms with Crippen molar-refractivity contribution in [3.05, 3.63) is 0 Å². The number of nitrogens with one attached hydrogen (secondary N) is 1. The topological polar surface area (TPSA) is 21.3 Å². The first-order valence-electron chi connectivity index (χ1n) is 3.76. The lowest BCUT2D eigenvalue weighted by Crippen LogP contribution is -2.25. The van der Waals surface area contributed by atoms with Crippen LogP contribution in [0.1, 0.15) is 19.8 Å². The van der Waals surface area contributed by atoms with E-state index in [9.17, 15) is 0 Å². The van der Waals surface area contributed by atoms with Gasteiger partial charge in [0.15, 0.2) is 0 Å². The molecule has 2 heteroatoms. The first-order valence-corrected chi connectivity index (χ1v) is 3.76. The first-order chi connectivity index (χ1) is 4.43. The van der Waals surface area contributed by atoms with Gasteiger partial charge < -0.3 is 10.1 Å². The second kappa shape index (κ2) is 3.85. The van der Waals surface area contributed by atoms with Crippen molar-refractivity contribution in [2.75, 3.05) is 19.7 Å². The zero-order valence-electron chi connectivity index (χ0n) is 6.02. The Hall–Kier alpha value is -0.0800. The van der Waals surface area contributed by atoms with Gasteiger partial charge in [0, 0.05) is 13.2 Å². The van der Waals surface area contributed by atoms with Gasteiger partial charge in [0.1, 0.15) is 0 Å². The van der Waals surface area contributed by atoms with E-state index in [0.717, 1.165) is 32.5 Å². The van der Waals surface area contributed by atoms with Crippen molar-refractivity contribution in [3.8, 4) is 0 Å². The van der Waals surface area contributed by atoms with Crippen LogP contribution in [0, 0.1) is 0 Å². The van der Waals surface area contributed by atoms with Crippen molar-refractivity contribution in [1.82, 2.24) is 5.32 Å². The standard InChI is InChI=1S/C7H15NO/c1-2-7-6-8-4-3-5-9-7/h7-8H,2-6H2,1H3. The maximum atomic E-state index is 5.49. The van der Waals surface area contributed by atoms with Gasteiger partial charge >= 0.3 is 0 Å². The highest BCUT2D eigenvalue weighted by molar-refractivity contribution is 4.62. The lowest BCUT2D eigenvalue weighted by molar-refractivity contribution is 0.0647. The molecule has 2 nitrogen and oxygen atoms in total. The van der Waals surface area contributed by atoms with Crippen molar-refractivity contribution in [1.29, 1.82) is 0 Å². The molecule has 1 aliphatic heterocycles. The molecule has 0 aliphatic carbocycles. The molecule has 1 fully saturated rings. The van der Waals surface area contributed by atoms with E-state index in [1.807, 2.05) is 0 Å². The van der Waals surface area contributed by atoms with Gasteiger partial charge in [-0.1, -0.05) is 6.92 Å². The highest BCUT2D eigenvalue weighted by Gasteiger charge is 2.07. The molecule has 1 N–H and O–H groups in total. The van der Waals surface area contributed by atoms with Crippen LogP contribution in [0.3, 0.4) is 0 Å². The van der Waals surface area contributed by atoms with Gasteiger partial charge in [0.05, 0.1) is 6.10 Å². The molecule has 0 saturated carbocycles. The van der Waals surface area contributed by atoms with Crippen molar-refractivity contribution < 1.29 is 4.74 Å². The van der Waals surface area contributed by atoms with E-state index in [4.69, 9.17) is 4.74 Å². The lowest BCUT2D eigenvalue weighted by Gasteiger charge is -2.10. The quantitative estimate of drug-likeness (QED) is 0.564. The van der Waals surface area contributed by atoms with E-state index in [1.54, 1.807) is 0 Å².